The summed E-state index contributed by atoms with van der Waals surface area (Å²) in [5.74, 6) is 0.667. The van der Waals surface area contributed by atoms with Gasteiger partial charge in [0.05, 0.1) is 11.7 Å². The van der Waals surface area contributed by atoms with Crippen molar-refractivity contribution < 1.29 is 0 Å². The highest BCUT2D eigenvalue weighted by Crippen LogP contribution is 2.39. The van der Waals surface area contributed by atoms with Crippen LogP contribution in [0.5, 0.6) is 0 Å². The minimum Gasteiger partial charge on any atom is -0.366 e. The SMILES string of the molecule is CC(C)C1(C)CCCN1c1ccc2[nH]ncc2c1. The molecule has 3 rings (SSSR count). The minimum absolute atomic E-state index is 0.289. The number of aromatic amines is 1. The molecular formula is C15H21N3. The summed E-state index contributed by atoms with van der Waals surface area (Å²) in [5, 5.41) is 8.31. The first-order valence-corrected chi connectivity index (χ1v) is 6.82. The molecule has 3 nitrogen and oxygen atoms in total. The molecule has 1 atom stereocenters. The molecule has 1 fully saturated rings. The van der Waals surface area contributed by atoms with Crippen LogP contribution in [0.25, 0.3) is 10.9 Å². The molecule has 0 bridgehead atoms. The van der Waals surface area contributed by atoms with Crippen LogP contribution in [0.2, 0.25) is 0 Å². The lowest BCUT2D eigenvalue weighted by molar-refractivity contribution is 0.341. The van der Waals surface area contributed by atoms with E-state index in [1.54, 1.807) is 0 Å². The summed E-state index contributed by atoms with van der Waals surface area (Å²) in [6.45, 7) is 8.21. The van der Waals surface area contributed by atoms with Gasteiger partial charge < -0.3 is 4.90 Å². The molecule has 1 aliphatic rings. The zero-order valence-electron chi connectivity index (χ0n) is 11.4. The quantitative estimate of drug-likeness (QED) is 0.874. The number of aromatic nitrogens is 2. The molecule has 2 aromatic rings. The Balaban J connectivity index is 2.02. The van der Waals surface area contributed by atoms with Crippen LogP contribution < -0.4 is 4.90 Å². The third kappa shape index (κ3) is 1.61. The molecule has 18 heavy (non-hydrogen) atoms. The van der Waals surface area contributed by atoms with Gasteiger partial charge in [-0.05, 0) is 43.9 Å². The van der Waals surface area contributed by atoms with Gasteiger partial charge in [0.15, 0.2) is 0 Å². The summed E-state index contributed by atoms with van der Waals surface area (Å²) in [6.07, 6.45) is 4.48. The fourth-order valence-electron chi connectivity index (χ4n) is 3.11. The second-order valence-corrected chi connectivity index (χ2v) is 5.91. The maximum Gasteiger partial charge on any atom is 0.0651 e. The molecule has 0 amide bonds. The second-order valence-electron chi connectivity index (χ2n) is 5.91. The predicted octanol–water partition coefficient (Wildman–Crippen LogP) is 3.58. The molecular weight excluding hydrogens is 222 g/mol. The smallest absolute Gasteiger partial charge is 0.0651 e. The number of fused-ring (bicyclic) bond motifs is 1. The topological polar surface area (TPSA) is 31.9 Å². The van der Waals surface area contributed by atoms with Crippen molar-refractivity contribution in [2.75, 3.05) is 11.4 Å². The summed E-state index contributed by atoms with van der Waals surface area (Å²) >= 11 is 0. The zero-order chi connectivity index (χ0) is 12.8. The number of anilines is 1. The van der Waals surface area contributed by atoms with Crippen LogP contribution in [0.15, 0.2) is 24.4 Å². The minimum atomic E-state index is 0.289. The molecule has 3 heteroatoms. The Labute approximate surface area is 108 Å². The molecule has 0 spiro atoms. The van der Waals surface area contributed by atoms with Crippen LogP contribution in [0.1, 0.15) is 33.6 Å². The summed E-state index contributed by atoms with van der Waals surface area (Å²) < 4.78 is 0. The maximum absolute atomic E-state index is 4.10. The summed E-state index contributed by atoms with van der Waals surface area (Å²) in [6, 6.07) is 6.61. The zero-order valence-corrected chi connectivity index (χ0v) is 11.4. The van der Waals surface area contributed by atoms with E-state index in [-0.39, 0.29) is 5.54 Å². The number of H-pyrrole nitrogens is 1. The normalized spacial score (nSPS) is 24.3. The van der Waals surface area contributed by atoms with Gasteiger partial charge in [0, 0.05) is 23.2 Å². The molecule has 1 aromatic heterocycles. The maximum atomic E-state index is 4.10. The molecule has 1 aromatic carbocycles. The standard InChI is InChI=1S/C15H21N3/c1-11(2)15(3)7-4-8-18(15)13-5-6-14-12(9-13)10-16-17-14/h5-6,9-11H,4,7-8H2,1-3H3,(H,16,17). The molecule has 0 radical (unpaired) electrons. The van der Waals surface area contributed by atoms with Crippen LogP contribution in [0.4, 0.5) is 5.69 Å². The Morgan fingerprint density at radius 3 is 3.00 bits per heavy atom. The highest BCUT2D eigenvalue weighted by atomic mass is 15.2. The first-order chi connectivity index (χ1) is 8.61. The molecule has 1 N–H and O–H groups in total. The van der Waals surface area contributed by atoms with Crippen molar-refractivity contribution in [1.29, 1.82) is 0 Å². The van der Waals surface area contributed by atoms with Crippen molar-refractivity contribution in [1.82, 2.24) is 10.2 Å². The Kier molecular flexibility index (Phi) is 2.58. The molecule has 1 aliphatic heterocycles. The van der Waals surface area contributed by atoms with Crippen LogP contribution in [0.3, 0.4) is 0 Å². The van der Waals surface area contributed by atoms with E-state index in [0.29, 0.717) is 5.92 Å². The third-order valence-electron chi connectivity index (χ3n) is 4.66. The van der Waals surface area contributed by atoms with Crippen molar-refractivity contribution in [2.45, 2.75) is 39.2 Å². The molecule has 0 aliphatic carbocycles. The lowest BCUT2D eigenvalue weighted by Gasteiger charge is -2.40. The van der Waals surface area contributed by atoms with Crippen LogP contribution in [-0.2, 0) is 0 Å². The highest BCUT2D eigenvalue weighted by molar-refractivity contribution is 5.82. The van der Waals surface area contributed by atoms with Gasteiger partial charge >= 0.3 is 0 Å². The number of benzene rings is 1. The van der Waals surface area contributed by atoms with Crippen molar-refractivity contribution in [3.05, 3.63) is 24.4 Å². The Hall–Kier alpha value is -1.51. The molecule has 1 unspecified atom stereocenters. The van der Waals surface area contributed by atoms with E-state index >= 15 is 0 Å². The van der Waals surface area contributed by atoms with Crippen molar-refractivity contribution in [2.24, 2.45) is 5.92 Å². The number of nitrogens with zero attached hydrogens (tertiary/aromatic N) is 2. The lowest BCUT2D eigenvalue weighted by Crippen LogP contribution is -2.45. The molecule has 96 valence electrons. The van der Waals surface area contributed by atoms with Gasteiger partial charge in [-0.2, -0.15) is 5.10 Å². The first-order valence-electron chi connectivity index (χ1n) is 6.82. The number of nitrogens with one attached hydrogen (secondary N) is 1. The Bertz CT molecular complexity index is 558. The molecule has 0 saturated carbocycles. The molecule has 2 heterocycles. The summed E-state index contributed by atoms with van der Waals surface area (Å²) in [7, 11) is 0. The fourth-order valence-corrected chi connectivity index (χ4v) is 3.11. The lowest BCUT2D eigenvalue weighted by atomic mass is 9.85. The van der Waals surface area contributed by atoms with E-state index in [0.717, 1.165) is 12.1 Å². The average molecular weight is 243 g/mol. The van der Waals surface area contributed by atoms with E-state index in [4.69, 9.17) is 0 Å². The Morgan fingerprint density at radius 2 is 2.22 bits per heavy atom. The van der Waals surface area contributed by atoms with Gasteiger partial charge in [-0.15, -0.1) is 0 Å². The largest absolute Gasteiger partial charge is 0.366 e. The van der Waals surface area contributed by atoms with Gasteiger partial charge in [-0.1, -0.05) is 13.8 Å². The van der Waals surface area contributed by atoms with Crippen molar-refractivity contribution in [3.8, 4) is 0 Å². The number of hydrogen-bond donors (Lipinski definition) is 1. The summed E-state index contributed by atoms with van der Waals surface area (Å²) in [4.78, 5) is 2.57. The predicted molar refractivity (Wildman–Crippen MR) is 75.9 cm³/mol. The van der Waals surface area contributed by atoms with E-state index in [1.165, 1.54) is 23.9 Å². The van der Waals surface area contributed by atoms with Crippen LogP contribution in [-0.4, -0.2) is 22.3 Å². The van der Waals surface area contributed by atoms with Gasteiger partial charge in [0.1, 0.15) is 0 Å². The van der Waals surface area contributed by atoms with Crippen LogP contribution >= 0.6 is 0 Å². The first kappa shape index (κ1) is 11.6. The second kappa shape index (κ2) is 4.01. The fraction of sp³-hybridized carbons (Fsp3) is 0.533. The van der Waals surface area contributed by atoms with Gasteiger partial charge in [0.25, 0.3) is 0 Å². The summed E-state index contributed by atoms with van der Waals surface area (Å²) in [5.41, 5.74) is 2.74. The van der Waals surface area contributed by atoms with Crippen LogP contribution in [0, 0.1) is 5.92 Å². The average Bonchev–Trinajstić information content (AvgIpc) is 2.94. The van der Waals surface area contributed by atoms with Gasteiger partial charge in [-0.25, -0.2) is 0 Å². The molecule has 1 saturated heterocycles. The van der Waals surface area contributed by atoms with Gasteiger partial charge in [-0.3, -0.25) is 5.10 Å². The Morgan fingerprint density at radius 1 is 1.39 bits per heavy atom. The van der Waals surface area contributed by atoms with Crippen molar-refractivity contribution in [3.63, 3.8) is 0 Å². The number of rotatable bonds is 2. The highest BCUT2D eigenvalue weighted by Gasteiger charge is 2.39. The van der Waals surface area contributed by atoms with Crippen molar-refractivity contribution >= 4 is 16.6 Å². The monoisotopic (exact) mass is 243 g/mol. The van der Waals surface area contributed by atoms with E-state index in [9.17, 15) is 0 Å². The van der Waals surface area contributed by atoms with E-state index in [2.05, 4.69) is 54.1 Å². The number of hydrogen-bond acceptors (Lipinski definition) is 2. The van der Waals surface area contributed by atoms with E-state index < -0.39 is 0 Å². The third-order valence-corrected chi connectivity index (χ3v) is 4.66. The van der Waals surface area contributed by atoms with E-state index in [1.807, 2.05) is 6.20 Å². The van der Waals surface area contributed by atoms with Gasteiger partial charge in [0.2, 0.25) is 0 Å².